The highest BCUT2D eigenvalue weighted by Crippen LogP contribution is 2.27. The van der Waals surface area contributed by atoms with Crippen LogP contribution in [-0.4, -0.2) is 29.3 Å². The molecule has 3 rings (SSSR count). The predicted molar refractivity (Wildman–Crippen MR) is 128 cm³/mol. The molecule has 0 aromatic heterocycles. The van der Waals surface area contributed by atoms with E-state index in [0.29, 0.717) is 16.7 Å². The summed E-state index contributed by atoms with van der Waals surface area (Å²) in [7, 11) is 0. The number of aryl methyl sites for hydroxylation is 1. The minimum absolute atomic E-state index is 0.0267. The fourth-order valence-corrected chi connectivity index (χ4v) is 3.29. The Kier molecular flexibility index (Phi) is 8.10. The normalized spacial score (nSPS) is 11.2. The fourth-order valence-electron chi connectivity index (χ4n) is 3.03. The van der Waals surface area contributed by atoms with Crippen LogP contribution in [0.5, 0.6) is 0 Å². The molecule has 3 aromatic carbocycles. The monoisotopic (exact) mass is 525 g/mol. The zero-order valence-electron chi connectivity index (χ0n) is 18.0. The molecule has 0 aliphatic carbocycles. The average Bonchev–Trinajstić information content (AvgIpc) is 2.83. The van der Waals surface area contributed by atoms with Gasteiger partial charge in [-0.3, -0.25) is 24.5 Å². The Morgan fingerprint density at radius 3 is 2.35 bits per heavy atom. The number of hydrogen-bond donors (Lipinski definition) is 2. The summed E-state index contributed by atoms with van der Waals surface area (Å²) in [4.78, 5) is 48.5. The fraction of sp³-hybridized carbons (Fsp3) is 0.125. The standard InChI is InChI=1S/C24H20BrN3O6/c1-15-7-12-19(20(13-15)28(32)33)27-24(31)22(16-5-3-2-4-6-16)34-21(29)14-26-23(30)17-8-10-18(25)11-9-17/h2-13,22H,14H2,1H3,(H,26,30)(H,27,31)/t22-/m0/s1. The molecule has 0 saturated heterocycles. The Hall–Kier alpha value is -4.05. The number of benzene rings is 3. The first-order valence-electron chi connectivity index (χ1n) is 10.1. The predicted octanol–water partition coefficient (Wildman–Crippen LogP) is 4.32. The van der Waals surface area contributed by atoms with E-state index in [1.165, 1.54) is 12.1 Å². The van der Waals surface area contributed by atoms with Crippen LogP contribution in [0.25, 0.3) is 0 Å². The topological polar surface area (TPSA) is 128 Å². The van der Waals surface area contributed by atoms with Gasteiger partial charge in [0.1, 0.15) is 12.2 Å². The number of nitro groups is 1. The third-order valence-corrected chi connectivity index (χ3v) is 5.23. The summed E-state index contributed by atoms with van der Waals surface area (Å²) in [5, 5.41) is 16.3. The SMILES string of the molecule is Cc1ccc(NC(=O)[C@@H](OC(=O)CNC(=O)c2ccc(Br)cc2)c2ccccc2)c([N+](=O)[O-])c1. The molecule has 34 heavy (non-hydrogen) atoms. The van der Waals surface area contributed by atoms with E-state index in [1.54, 1.807) is 67.6 Å². The number of carbonyl (C=O) groups excluding carboxylic acids is 3. The number of anilines is 1. The van der Waals surface area contributed by atoms with Gasteiger partial charge in [-0.25, -0.2) is 0 Å². The molecule has 3 aromatic rings. The maximum absolute atomic E-state index is 13.0. The van der Waals surface area contributed by atoms with Crippen LogP contribution >= 0.6 is 15.9 Å². The van der Waals surface area contributed by atoms with E-state index >= 15 is 0 Å². The van der Waals surface area contributed by atoms with Gasteiger partial charge < -0.3 is 15.4 Å². The Labute approximate surface area is 203 Å². The van der Waals surface area contributed by atoms with Crippen molar-refractivity contribution in [3.05, 3.63) is 104 Å². The summed E-state index contributed by atoms with van der Waals surface area (Å²) in [5.74, 6) is -2.11. The first-order valence-corrected chi connectivity index (χ1v) is 10.9. The van der Waals surface area contributed by atoms with Crippen molar-refractivity contribution in [3.63, 3.8) is 0 Å². The lowest BCUT2D eigenvalue weighted by Gasteiger charge is -2.18. The molecule has 0 saturated carbocycles. The lowest BCUT2D eigenvalue weighted by Crippen LogP contribution is -2.33. The second kappa shape index (κ2) is 11.2. The van der Waals surface area contributed by atoms with Crippen molar-refractivity contribution >= 4 is 45.1 Å². The lowest BCUT2D eigenvalue weighted by atomic mass is 10.1. The first kappa shape index (κ1) is 24.6. The lowest BCUT2D eigenvalue weighted by molar-refractivity contribution is -0.384. The molecule has 0 unspecified atom stereocenters. The maximum atomic E-state index is 13.0. The van der Waals surface area contributed by atoms with Gasteiger partial charge >= 0.3 is 5.97 Å². The van der Waals surface area contributed by atoms with Gasteiger partial charge in [0.05, 0.1) is 4.92 Å². The van der Waals surface area contributed by atoms with E-state index in [4.69, 9.17) is 4.74 Å². The van der Waals surface area contributed by atoms with Gasteiger partial charge in [0.15, 0.2) is 0 Å². The third kappa shape index (κ3) is 6.48. The van der Waals surface area contributed by atoms with Crippen LogP contribution in [0.2, 0.25) is 0 Å². The molecular weight excluding hydrogens is 506 g/mol. The van der Waals surface area contributed by atoms with Crippen LogP contribution < -0.4 is 10.6 Å². The van der Waals surface area contributed by atoms with Crippen LogP contribution in [0.3, 0.4) is 0 Å². The summed E-state index contributed by atoms with van der Waals surface area (Å²) in [6, 6.07) is 19.1. The van der Waals surface area contributed by atoms with Gasteiger partial charge in [0.25, 0.3) is 17.5 Å². The Balaban J connectivity index is 1.73. The van der Waals surface area contributed by atoms with Gasteiger partial charge in [-0.2, -0.15) is 0 Å². The molecule has 0 spiro atoms. The van der Waals surface area contributed by atoms with Crippen molar-refractivity contribution in [1.82, 2.24) is 5.32 Å². The molecule has 0 aliphatic heterocycles. The summed E-state index contributed by atoms with van der Waals surface area (Å²) in [6.07, 6.45) is -1.39. The smallest absolute Gasteiger partial charge is 0.326 e. The van der Waals surface area contributed by atoms with Crippen molar-refractivity contribution in [2.45, 2.75) is 13.0 Å². The molecule has 0 radical (unpaired) electrons. The minimum atomic E-state index is -1.39. The summed E-state index contributed by atoms with van der Waals surface area (Å²) >= 11 is 3.28. The Bertz CT molecular complexity index is 1220. The molecule has 9 nitrogen and oxygen atoms in total. The average molecular weight is 526 g/mol. The van der Waals surface area contributed by atoms with Crippen LogP contribution in [0, 0.1) is 17.0 Å². The van der Waals surface area contributed by atoms with Gasteiger partial charge in [-0.05, 0) is 42.8 Å². The van der Waals surface area contributed by atoms with E-state index in [0.717, 1.165) is 4.47 Å². The molecule has 2 amide bonds. The highest BCUT2D eigenvalue weighted by molar-refractivity contribution is 9.10. The zero-order chi connectivity index (χ0) is 24.7. The number of esters is 1. The molecular formula is C24H20BrN3O6. The number of nitrogens with zero attached hydrogens (tertiary/aromatic N) is 1. The molecule has 0 fully saturated rings. The highest BCUT2D eigenvalue weighted by Gasteiger charge is 2.27. The number of halogens is 1. The largest absolute Gasteiger partial charge is 0.446 e. The van der Waals surface area contributed by atoms with Crippen molar-refractivity contribution in [2.24, 2.45) is 0 Å². The van der Waals surface area contributed by atoms with Crippen LogP contribution in [0.4, 0.5) is 11.4 Å². The Morgan fingerprint density at radius 1 is 1.03 bits per heavy atom. The second-order valence-electron chi connectivity index (χ2n) is 7.24. The summed E-state index contributed by atoms with van der Waals surface area (Å²) in [6.45, 7) is 1.21. The van der Waals surface area contributed by atoms with Crippen molar-refractivity contribution in [3.8, 4) is 0 Å². The quantitative estimate of drug-likeness (QED) is 0.256. The van der Waals surface area contributed by atoms with E-state index < -0.39 is 35.4 Å². The van der Waals surface area contributed by atoms with E-state index in [-0.39, 0.29) is 11.4 Å². The molecule has 2 N–H and O–H groups in total. The van der Waals surface area contributed by atoms with Crippen molar-refractivity contribution in [2.75, 3.05) is 11.9 Å². The van der Waals surface area contributed by atoms with Crippen LogP contribution in [0.1, 0.15) is 27.6 Å². The molecule has 0 heterocycles. The molecule has 1 atom stereocenters. The third-order valence-electron chi connectivity index (χ3n) is 4.70. The zero-order valence-corrected chi connectivity index (χ0v) is 19.6. The van der Waals surface area contributed by atoms with Gasteiger partial charge in [-0.15, -0.1) is 0 Å². The van der Waals surface area contributed by atoms with Crippen LogP contribution in [0.15, 0.2) is 77.3 Å². The van der Waals surface area contributed by atoms with Crippen LogP contribution in [-0.2, 0) is 14.3 Å². The van der Waals surface area contributed by atoms with E-state index in [9.17, 15) is 24.5 Å². The Morgan fingerprint density at radius 2 is 1.71 bits per heavy atom. The number of nitrogens with one attached hydrogen (secondary N) is 2. The maximum Gasteiger partial charge on any atom is 0.326 e. The molecule has 174 valence electrons. The van der Waals surface area contributed by atoms with Crippen molar-refractivity contribution in [1.29, 1.82) is 0 Å². The van der Waals surface area contributed by atoms with E-state index in [2.05, 4.69) is 26.6 Å². The molecule has 0 aliphatic rings. The minimum Gasteiger partial charge on any atom is -0.446 e. The number of hydrogen-bond acceptors (Lipinski definition) is 6. The van der Waals surface area contributed by atoms with E-state index in [1.807, 2.05) is 0 Å². The van der Waals surface area contributed by atoms with Gasteiger partial charge in [0, 0.05) is 21.7 Å². The number of nitro benzene ring substituents is 1. The summed E-state index contributed by atoms with van der Waals surface area (Å²) < 4.78 is 6.16. The number of rotatable bonds is 8. The molecule has 10 heteroatoms. The number of carbonyl (C=O) groups is 3. The van der Waals surface area contributed by atoms with Crippen molar-refractivity contribution < 1.29 is 24.0 Å². The number of amides is 2. The first-order chi connectivity index (χ1) is 16.2. The van der Waals surface area contributed by atoms with Gasteiger partial charge in [-0.1, -0.05) is 52.3 Å². The number of ether oxygens (including phenoxy) is 1. The second-order valence-corrected chi connectivity index (χ2v) is 8.15. The highest BCUT2D eigenvalue weighted by atomic mass is 79.9. The summed E-state index contributed by atoms with van der Waals surface area (Å²) in [5.41, 5.74) is 1.05. The molecule has 0 bridgehead atoms. The van der Waals surface area contributed by atoms with Gasteiger partial charge in [0.2, 0.25) is 6.10 Å².